The Labute approximate surface area is 140 Å². The van der Waals surface area contributed by atoms with Gasteiger partial charge in [0.1, 0.15) is 6.33 Å². The molecule has 0 saturated heterocycles. The van der Waals surface area contributed by atoms with Gasteiger partial charge in [0.2, 0.25) is 0 Å². The van der Waals surface area contributed by atoms with E-state index in [0.717, 1.165) is 11.3 Å². The second kappa shape index (κ2) is 6.70. The highest BCUT2D eigenvalue weighted by atomic mass is 32.2. The maximum absolute atomic E-state index is 12.7. The maximum atomic E-state index is 12.7. The van der Waals surface area contributed by atoms with Crippen molar-refractivity contribution in [1.82, 2.24) is 19.7 Å². The molecule has 0 saturated carbocycles. The molecule has 0 radical (unpaired) electrons. The summed E-state index contributed by atoms with van der Waals surface area (Å²) in [7, 11) is 0. The van der Waals surface area contributed by atoms with E-state index in [0.29, 0.717) is 16.4 Å². The molecule has 0 aliphatic heterocycles. The van der Waals surface area contributed by atoms with Crippen LogP contribution in [0.1, 0.15) is 65.8 Å². The summed E-state index contributed by atoms with van der Waals surface area (Å²) in [5, 5.41) is 8.39. The van der Waals surface area contributed by atoms with E-state index in [1.165, 1.54) is 18.7 Å². The van der Waals surface area contributed by atoms with E-state index < -0.39 is 0 Å². The number of nitrogens with zero attached hydrogens (tertiary/aromatic N) is 3. The van der Waals surface area contributed by atoms with Gasteiger partial charge in [0.05, 0.1) is 10.9 Å². The van der Waals surface area contributed by atoms with Gasteiger partial charge < -0.3 is 9.55 Å². The van der Waals surface area contributed by atoms with Gasteiger partial charge in [-0.3, -0.25) is 9.59 Å². The molecule has 0 aliphatic rings. The van der Waals surface area contributed by atoms with E-state index in [-0.39, 0.29) is 22.9 Å². The summed E-state index contributed by atoms with van der Waals surface area (Å²) in [6, 6.07) is 0.230. The fraction of sp³-hybridized carbons (Fsp3) is 0.500. The Morgan fingerprint density at radius 1 is 1.26 bits per heavy atom. The third-order valence-corrected chi connectivity index (χ3v) is 4.85. The Hall–Kier alpha value is -1.89. The van der Waals surface area contributed by atoms with Crippen LogP contribution in [0.2, 0.25) is 0 Å². The van der Waals surface area contributed by atoms with Crippen LogP contribution < -0.4 is 0 Å². The number of nitrogens with one attached hydrogen (secondary N) is 1. The molecule has 2 aromatic rings. The van der Waals surface area contributed by atoms with Crippen molar-refractivity contribution < 1.29 is 9.59 Å². The molecule has 0 fully saturated rings. The number of rotatable bonds is 6. The van der Waals surface area contributed by atoms with Crippen LogP contribution in [0.15, 0.2) is 11.5 Å². The average molecular weight is 334 g/mol. The van der Waals surface area contributed by atoms with Crippen molar-refractivity contribution >= 4 is 23.3 Å². The second-order valence-corrected chi connectivity index (χ2v) is 7.23. The number of Topliss-reactive ketones (excluding diaryl/α,β-unsaturated/α-hetero) is 2. The minimum Gasteiger partial charge on any atom is -0.355 e. The van der Waals surface area contributed by atoms with Crippen molar-refractivity contribution in [3.63, 3.8) is 0 Å². The van der Waals surface area contributed by atoms with Crippen LogP contribution >= 0.6 is 11.8 Å². The fourth-order valence-corrected chi connectivity index (χ4v) is 3.62. The van der Waals surface area contributed by atoms with Crippen LogP contribution in [0.3, 0.4) is 0 Å². The smallest absolute Gasteiger partial charge is 0.192 e. The summed E-state index contributed by atoms with van der Waals surface area (Å²) in [5.41, 5.74) is 2.57. The van der Waals surface area contributed by atoms with Crippen LogP contribution in [-0.2, 0) is 0 Å². The Bertz CT molecular complexity index is 745. The van der Waals surface area contributed by atoms with Crippen molar-refractivity contribution in [3.8, 4) is 0 Å². The predicted octanol–water partition coefficient (Wildman–Crippen LogP) is 3.37. The first kappa shape index (κ1) is 17.5. The quantitative estimate of drug-likeness (QED) is 0.647. The normalized spacial score (nSPS) is 12.7. The van der Waals surface area contributed by atoms with Gasteiger partial charge in [0, 0.05) is 17.3 Å². The molecule has 23 heavy (non-hydrogen) atoms. The van der Waals surface area contributed by atoms with E-state index in [4.69, 9.17) is 0 Å². The second-order valence-electron chi connectivity index (χ2n) is 5.92. The van der Waals surface area contributed by atoms with Crippen LogP contribution in [0.4, 0.5) is 0 Å². The van der Waals surface area contributed by atoms with E-state index in [2.05, 4.69) is 15.2 Å². The monoisotopic (exact) mass is 334 g/mol. The highest BCUT2D eigenvalue weighted by molar-refractivity contribution is 8.00. The molecule has 0 bridgehead atoms. The summed E-state index contributed by atoms with van der Waals surface area (Å²) < 4.78 is 1.93. The lowest BCUT2D eigenvalue weighted by Crippen LogP contribution is -2.16. The van der Waals surface area contributed by atoms with Gasteiger partial charge in [0.25, 0.3) is 0 Å². The van der Waals surface area contributed by atoms with Gasteiger partial charge in [-0.1, -0.05) is 11.8 Å². The third-order valence-electron chi connectivity index (χ3n) is 3.78. The first-order chi connectivity index (χ1) is 10.7. The number of aryl methyl sites for hydroxylation is 1. The van der Waals surface area contributed by atoms with Crippen molar-refractivity contribution in [1.29, 1.82) is 0 Å². The lowest BCUT2D eigenvalue weighted by atomic mass is 10.0. The number of aromatic amines is 1. The van der Waals surface area contributed by atoms with Gasteiger partial charge in [0.15, 0.2) is 16.7 Å². The SMILES string of the molecule is CC(=O)c1c(C)[nH]c(C(=O)[C@@H](C)Sc2nncn2C(C)C)c1C. The summed E-state index contributed by atoms with van der Waals surface area (Å²) >= 11 is 1.38. The first-order valence-electron chi connectivity index (χ1n) is 7.54. The van der Waals surface area contributed by atoms with Gasteiger partial charge in [-0.2, -0.15) is 0 Å². The Morgan fingerprint density at radius 3 is 2.43 bits per heavy atom. The van der Waals surface area contributed by atoms with Crippen LogP contribution in [-0.4, -0.2) is 36.6 Å². The molecule has 1 atom stereocenters. The number of hydrogen-bond acceptors (Lipinski definition) is 5. The molecule has 2 rings (SSSR count). The number of aromatic nitrogens is 4. The Kier molecular flexibility index (Phi) is 5.09. The molecule has 0 aliphatic carbocycles. The largest absolute Gasteiger partial charge is 0.355 e. The molecule has 2 heterocycles. The average Bonchev–Trinajstić information content (AvgIpc) is 3.02. The highest BCUT2D eigenvalue weighted by Gasteiger charge is 2.25. The zero-order valence-electron chi connectivity index (χ0n) is 14.3. The minimum absolute atomic E-state index is 0.0323. The Balaban J connectivity index is 2.25. The molecular weight excluding hydrogens is 312 g/mol. The molecule has 7 heteroatoms. The zero-order chi connectivity index (χ0) is 17.3. The molecule has 0 unspecified atom stereocenters. The summed E-state index contributed by atoms with van der Waals surface area (Å²) in [4.78, 5) is 27.5. The third kappa shape index (κ3) is 3.39. The van der Waals surface area contributed by atoms with Crippen molar-refractivity contribution in [2.45, 2.75) is 58.0 Å². The van der Waals surface area contributed by atoms with Gasteiger partial charge in [-0.25, -0.2) is 0 Å². The van der Waals surface area contributed by atoms with Gasteiger partial charge in [-0.15, -0.1) is 10.2 Å². The molecule has 2 aromatic heterocycles. The number of thioether (sulfide) groups is 1. The fourth-order valence-electron chi connectivity index (χ4n) is 2.61. The molecule has 0 aromatic carbocycles. The molecule has 0 amide bonds. The standard InChI is InChI=1S/C16H22N4O2S/c1-8(2)20-7-17-19-16(20)23-12(6)15(22)14-9(3)13(11(5)21)10(4)18-14/h7-8,12,18H,1-6H3/t12-/m1/s1. The van der Waals surface area contributed by atoms with E-state index in [1.807, 2.05) is 39.2 Å². The van der Waals surface area contributed by atoms with Crippen molar-refractivity contribution in [3.05, 3.63) is 28.8 Å². The molecule has 6 nitrogen and oxygen atoms in total. The van der Waals surface area contributed by atoms with E-state index in [9.17, 15) is 9.59 Å². The molecule has 124 valence electrons. The number of hydrogen-bond donors (Lipinski definition) is 1. The summed E-state index contributed by atoms with van der Waals surface area (Å²) in [6.45, 7) is 11.1. The van der Waals surface area contributed by atoms with Gasteiger partial charge in [-0.05, 0) is 47.1 Å². The first-order valence-corrected chi connectivity index (χ1v) is 8.42. The summed E-state index contributed by atoms with van der Waals surface area (Å²) in [5.74, 6) is -0.0726. The van der Waals surface area contributed by atoms with Crippen molar-refractivity contribution in [2.24, 2.45) is 0 Å². The highest BCUT2D eigenvalue weighted by Crippen LogP contribution is 2.28. The topological polar surface area (TPSA) is 80.6 Å². The minimum atomic E-state index is -0.326. The number of carbonyl (C=O) groups is 2. The van der Waals surface area contributed by atoms with Crippen LogP contribution in [0, 0.1) is 13.8 Å². The Morgan fingerprint density at radius 2 is 1.91 bits per heavy atom. The lowest BCUT2D eigenvalue weighted by Gasteiger charge is -2.13. The van der Waals surface area contributed by atoms with Crippen LogP contribution in [0.5, 0.6) is 0 Å². The van der Waals surface area contributed by atoms with Crippen LogP contribution in [0.25, 0.3) is 0 Å². The lowest BCUT2D eigenvalue weighted by molar-refractivity contribution is 0.0988. The number of ketones is 2. The van der Waals surface area contributed by atoms with E-state index >= 15 is 0 Å². The molecule has 1 N–H and O–H groups in total. The zero-order valence-corrected chi connectivity index (χ0v) is 15.1. The molecular formula is C16H22N4O2S. The van der Waals surface area contributed by atoms with Gasteiger partial charge >= 0.3 is 0 Å². The number of carbonyl (C=O) groups excluding carboxylic acids is 2. The summed E-state index contributed by atoms with van der Waals surface area (Å²) in [6.07, 6.45) is 1.67. The molecule has 0 spiro atoms. The number of H-pyrrole nitrogens is 1. The van der Waals surface area contributed by atoms with E-state index in [1.54, 1.807) is 6.33 Å². The maximum Gasteiger partial charge on any atom is 0.192 e. The van der Waals surface area contributed by atoms with Crippen molar-refractivity contribution in [2.75, 3.05) is 0 Å². The predicted molar refractivity (Wildman–Crippen MR) is 90.3 cm³/mol.